The second-order valence-corrected chi connectivity index (χ2v) is 4.32. The van der Waals surface area contributed by atoms with E-state index in [4.69, 9.17) is 0 Å². The molecule has 0 fully saturated rings. The molecule has 0 bridgehead atoms. The van der Waals surface area contributed by atoms with Gasteiger partial charge in [-0.2, -0.15) is 5.21 Å². The normalized spacial score (nSPS) is 12.4. The predicted molar refractivity (Wildman–Crippen MR) is 59.0 cm³/mol. The van der Waals surface area contributed by atoms with E-state index >= 15 is 0 Å². The highest BCUT2D eigenvalue weighted by atomic mass is 32.1. The van der Waals surface area contributed by atoms with E-state index in [1.807, 2.05) is 24.4 Å². The summed E-state index contributed by atoms with van der Waals surface area (Å²) in [6.07, 6.45) is 0. The van der Waals surface area contributed by atoms with E-state index in [2.05, 4.69) is 20.6 Å². The van der Waals surface area contributed by atoms with Crippen molar-refractivity contribution >= 4 is 17.2 Å². The van der Waals surface area contributed by atoms with Crippen molar-refractivity contribution in [2.24, 2.45) is 0 Å². The monoisotopic (exact) mass is 237 g/mol. The fourth-order valence-electron chi connectivity index (χ4n) is 1.31. The van der Waals surface area contributed by atoms with E-state index in [0.717, 1.165) is 4.88 Å². The summed E-state index contributed by atoms with van der Waals surface area (Å²) in [4.78, 5) is 14.6. The maximum atomic E-state index is 11.9. The number of nitrogens with one attached hydrogen (secondary N) is 1. The molecule has 0 radical (unpaired) electrons. The van der Waals surface area contributed by atoms with Crippen molar-refractivity contribution in [2.75, 3.05) is 7.05 Å². The minimum atomic E-state index is -0.241. The summed E-state index contributed by atoms with van der Waals surface area (Å²) in [5.74, 6) is -0.152. The third-order valence-electron chi connectivity index (χ3n) is 2.39. The lowest BCUT2D eigenvalue weighted by molar-refractivity contribution is 0.0732. The van der Waals surface area contributed by atoms with Gasteiger partial charge in [0.2, 0.25) is 0 Å². The number of carbonyl (C=O) groups excluding carboxylic acids is 1. The lowest BCUT2D eigenvalue weighted by Gasteiger charge is -2.22. The molecule has 0 aliphatic heterocycles. The van der Waals surface area contributed by atoms with E-state index in [1.54, 1.807) is 23.3 Å². The van der Waals surface area contributed by atoms with E-state index in [1.165, 1.54) is 0 Å². The zero-order valence-electron chi connectivity index (χ0n) is 8.91. The SMILES string of the molecule is CC(c1cccs1)N(C)C(=O)c1nn[nH]n1. The van der Waals surface area contributed by atoms with Crippen LogP contribution in [-0.2, 0) is 0 Å². The van der Waals surface area contributed by atoms with Crippen LogP contribution in [0.1, 0.15) is 28.5 Å². The summed E-state index contributed by atoms with van der Waals surface area (Å²) in [7, 11) is 1.73. The number of amides is 1. The van der Waals surface area contributed by atoms with Gasteiger partial charge in [0.1, 0.15) is 0 Å². The molecule has 1 atom stereocenters. The number of H-pyrrole nitrogens is 1. The summed E-state index contributed by atoms with van der Waals surface area (Å²) in [5.41, 5.74) is 0. The van der Waals surface area contributed by atoms with Crippen LogP contribution >= 0.6 is 11.3 Å². The molecule has 6 nitrogen and oxygen atoms in total. The first-order valence-corrected chi connectivity index (χ1v) is 5.62. The minimum absolute atomic E-state index is 0.00556. The maximum absolute atomic E-state index is 11.9. The first-order chi connectivity index (χ1) is 7.70. The smallest absolute Gasteiger partial charge is 0.295 e. The summed E-state index contributed by atoms with van der Waals surface area (Å²) >= 11 is 1.62. The van der Waals surface area contributed by atoms with E-state index < -0.39 is 0 Å². The van der Waals surface area contributed by atoms with Crippen molar-refractivity contribution in [2.45, 2.75) is 13.0 Å². The number of carbonyl (C=O) groups is 1. The van der Waals surface area contributed by atoms with Crippen molar-refractivity contribution in [1.29, 1.82) is 0 Å². The van der Waals surface area contributed by atoms with Gasteiger partial charge in [0.05, 0.1) is 6.04 Å². The Kier molecular flexibility index (Phi) is 2.95. The number of aromatic amines is 1. The number of hydrogen-bond acceptors (Lipinski definition) is 5. The molecule has 0 aromatic carbocycles. The first-order valence-electron chi connectivity index (χ1n) is 4.74. The van der Waals surface area contributed by atoms with Crippen LogP contribution in [0.4, 0.5) is 0 Å². The molecule has 2 aromatic rings. The lowest BCUT2D eigenvalue weighted by Crippen LogP contribution is -2.30. The highest BCUT2D eigenvalue weighted by Gasteiger charge is 2.22. The van der Waals surface area contributed by atoms with Crippen molar-refractivity contribution in [3.63, 3.8) is 0 Å². The van der Waals surface area contributed by atoms with Crippen LogP contribution in [0.3, 0.4) is 0 Å². The Morgan fingerprint density at radius 1 is 1.62 bits per heavy atom. The second-order valence-electron chi connectivity index (χ2n) is 3.34. The van der Waals surface area contributed by atoms with Crippen LogP contribution in [-0.4, -0.2) is 38.5 Å². The average Bonchev–Trinajstić information content (AvgIpc) is 2.97. The molecule has 2 rings (SSSR count). The molecule has 1 amide bonds. The van der Waals surface area contributed by atoms with E-state index in [0.29, 0.717) is 0 Å². The zero-order chi connectivity index (χ0) is 11.5. The quantitative estimate of drug-likeness (QED) is 0.867. The Hall–Kier alpha value is -1.76. The Labute approximate surface area is 96.3 Å². The number of nitrogens with zero attached hydrogens (tertiary/aromatic N) is 4. The molecule has 0 aliphatic rings. The number of rotatable bonds is 3. The van der Waals surface area contributed by atoms with Crippen LogP contribution in [0.2, 0.25) is 0 Å². The van der Waals surface area contributed by atoms with Gasteiger partial charge in [0.15, 0.2) is 0 Å². The van der Waals surface area contributed by atoms with Gasteiger partial charge < -0.3 is 4.90 Å². The molecule has 1 unspecified atom stereocenters. The summed E-state index contributed by atoms with van der Waals surface area (Å²) in [5, 5.41) is 14.9. The molecular formula is C9H11N5OS. The van der Waals surface area contributed by atoms with Crippen molar-refractivity contribution in [1.82, 2.24) is 25.5 Å². The average molecular weight is 237 g/mol. The van der Waals surface area contributed by atoms with Crippen molar-refractivity contribution in [3.8, 4) is 0 Å². The van der Waals surface area contributed by atoms with Gasteiger partial charge in [-0.25, -0.2) is 0 Å². The van der Waals surface area contributed by atoms with E-state index in [-0.39, 0.29) is 17.8 Å². The second kappa shape index (κ2) is 4.40. The number of thiophene rings is 1. The molecule has 16 heavy (non-hydrogen) atoms. The Balaban J connectivity index is 2.14. The fraction of sp³-hybridized carbons (Fsp3) is 0.333. The van der Waals surface area contributed by atoms with Gasteiger partial charge >= 0.3 is 0 Å². The molecule has 0 saturated heterocycles. The van der Waals surface area contributed by atoms with Crippen LogP contribution in [0.5, 0.6) is 0 Å². The van der Waals surface area contributed by atoms with Crippen LogP contribution in [0.15, 0.2) is 17.5 Å². The molecule has 1 N–H and O–H groups in total. The standard InChI is InChI=1S/C9H11N5OS/c1-6(7-4-3-5-16-7)14(2)9(15)8-10-12-13-11-8/h3-6H,1-2H3,(H,10,11,12,13). The number of aromatic nitrogens is 4. The number of tetrazole rings is 1. The lowest BCUT2D eigenvalue weighted by atomic mass is 10.2. The van der Waals surface area contributed by atoms with Gasteiger partial charge in [0.25, 0.3) is 11.7 Å². The van der Waals surface area contributed by atoms with Gasteiger partial charge in [-0.1, -0.05) is 6.07 Å². The third-order valence-corrected chi connectivity index (χ3v) is 3.44. The largest absolute Gasteiger partial charge is 0.331 e. The molecule has 84 valence electrons. The molecule has 0 aliphatic carbocycles. The summed E-state index contributed by atoms with van der Waals surface area (Å²) in [6, 6.07) is 3.96. The highest BCUT2D eigenvalue weighted by Crippen LogP contribution is 2.23. The molecule has 2 heterocycles. The van der Waals surface area contributed by atoms with E-state index in [9.17, 15) is 4.79 Å². The Bertz CT molecular complexity index is 452. The Morgan fingerprint density at radius 3 is 3.00 bits per heavy atom. The first kappa shape index (κ1) is 10.7. The molecule has 0 saturated carbocycles. The maximum Gasteiger partial charge on any atom is 0.295 e. The van der Waals surface area contributed by atoms with Crippen LogP contribution in [0, 0.1) is 0 Å². The predicted octanol–water partition coefficient (Wildman–Crippen LogP) is 1.09. The molecule has 2 aromatic heterocycles. The fourth-order valence-corrected chi connectivity index (χ4v) is 2.13. The Morgan fingerprint density at radius 2 is 2.44 bits per heavy atom. The molecule has 0 spiro atoms. The van der Waals surface area contributed by atoms with Crippen LogP contribution in [0.25, 0.3) is 0 Å². The van der Waals surface area contributed by atoms with Gasteiger partial charge in [0, 0.05) is 11.9 Å². The van der Waals surface area contributed by atoms with Gasteiger partial charge in [-0.3, -0.25) is 4.79 Å². The van der Waals surface area contributed by atoms with Gasteiger partial charge in [-0.05, 0) is 23.6 Å². The summed E-state index contributed by atoms with van der Waals surface area (Å²) < 4.78 is 0. The zero-order valence-corrected chi connectivity index (χ0v) is 9.73. The molecule has 7 heteroatoms. The topological polar surface area (TPSA) is 74.8 Å². The summed E-state index contributed by atoms with van der Waals surface area (Å²) in [6.45, 7) is 1.96. The van der Waals surface area contributed by atoms with Gasteiger partial charge in [-0.15, -0.1) is 21.5 Å². The van der Waals surface area contributed by atoms with Crippen molar-refractivity contribution < 1.29 is 4.79 Å². The highest BCUT2D eigenvalue weighted by molar-refractivity contribution is 7.10. The van der Waals surface area contributed by atoms with Crippen LogP contribution < -0.4 is 0 Å². The number of hydrogen-bond donors (Lipinski definition) is 1. The minimum Gasteiger partial charge on any atom is -0.331 e. The molecular weight excluding hydrogens is 226 g/mol. The third kappa shape index (κ3) is 1.94. The van der Waals surface area contributed by atoms with Crippen molar-refractivity contribution in [3.05, 3.63) is 28.2 Å².